The summed E-state index contributed by atoms with van der Waals surface area (Å²) in [7, 11) is 0. The molecule has 0 bridgehead atoms. The molecule has 3 aromatic rings. The summed E-state index contributed by atoms with van der Waals surface area (Å²) in [6, 6.07) is 16.6. The average molecular weight is 408 g/mol. The number of nitrogens with one attached hydrogen (secondary N) is 2. The maximum atomic E-state index is 12.4. The van der Waals surface area contributed by atoms with Crippen molar-refractivity contribution in [3.8, 4) is 0 Å². The van der Waals surface area contributed by atoms with E-state index in [9.17, 15) is 19.7 Å². The highest BCUT2D eigenvalue weighted by molar-refractivity contribution is 7.16. The van der Waals surface area contributed by atoms with Gasteiger partial charge in [0.05, 0.1) is 16.0 Å². The van der Waals surface area contributed by atoms with Crippen molar-refractivity contribution in [2.75, 3.05) is 5.32 Å². The molecule has 0 aliphatic rings. The lowest BCUT2D eigenvalue weighted by molar-refractivity contribution is -0.380. The van der Waals surface area contributed by atoms with Gasteiger partial charge in [-0.15, -0.1) is 0 Å². The molecule has 1 aromatic heterocycles. The first-order chi connectivity index (χ1) is 13.9. The number of anilines is 1. The first kappa shape index (κ1) is 19.9. The molecule has 0 saturated carbocycles. The van der Waals surface area contributed by atoms with Crippen molar-refractivity contribution in [1.29, 1.82) is 0 Å². The van der Waals surface area contributed by atoms with Crippen LogP contribution in [0.3, 0.4) is 0 Å². The second-order valence-electron chi connectivity index (χ2n) is 5.98. The number of amides is 2. The van der Waals surface area contributed by atoms with Crippen LogP contribution in [0.15, 0.2) is 65.8 Å². The standard InChI is InChI=1S/C20H16N4O4S/c1-13-5-2-3-8-17(13)20(26)22-15-7-4-6-14(11-15)19(25)23-21-12-16-9-10-18(29-16)24(27)28/h2-12H,1H3,(H,22,26)(H,23,25)/b21-12-. The molecule has 0 fully saturated rings. The Morgan fingerprint density at radius 2 is 1.86 bits per heavy atom. The van der Waals surface area contributed by atoms with Gasteiger partial charge in [0.25, 0.3) is 11.8 Å². The Hall–Kier alpha value is -3.85. The van der Waals surface area contributed by atoms with E-state index in [-0.39, 0.29) is 10.9 Å². The molecule has 2 aromatic carbocycles. The van der Waals surface area contributed by atoms with Crippen LogP contribution in [0.1, 0.15) is 31.2 Å². The van der Waals surface area contributed by atoms with Crippen molar-refractivity contribution in [3.63, 3.8) is 0 Å². The van der Waals surface area contributed by atoms with Gasteiger partial charge < -0.3 is 5.32 Å². The Kier molecular flexibility index (Phi) is 6.10. The minimum Gasteiger partial charge on any atom is -0.322 e. The molecule has 8 nitrogen and oxygen atoms in total. The normalized spacial score (nSPS) is 10.7. The second kappa shape index (κ2) is 8.89. The van der Waals surface area contributed by atoms with E-state index in [2.05, 4.69) is 15.8 Å². The third-order valence-electron chi connectivity index (χ3n) is 3.92. The minimum atomic E-state index is -0.489. The van der Waals surface area contributed by atoms with Gasteiger partial charge in [-0.05, 0) is 42.8 Å². The smallest absolute Gasteiger partial charge is 0.322 e. The Morgan fingerprint density at radius 1 is 1.07 bits per heavy atom. The average Bonchev–Trinajstić information content (AvgIpc) is 3.17. The van der Waals surface area contributed by atoms with Gasteiger partial charge in [-0.3, -0.25) is 19.7 Å². The minimum absolute atomic E-state index is 0.00475. The fourth-order valence-electron chi connectivity index (χ4n) is 2.49. The Balaban J connectivity index is 1.64. The number of thiophene rings is 1. The molecule has 29 heavy (non-hydrogen) atoms. The number of hydrogen-bond donors (Lipinski definition) is 2. The summed E-state index contributed by atoms with van der Waals surface area (Å²) in [5.41, 5.74) is 4.55. The third-order valence-corrected chi connectivity index (χ3v) is 4.89. The number of carbonyl (C=O) groups excluding carboxylic acids is 2. The van der Waals surface area contributed by atoms with Gasteiger partial charge >= 0.3 is 5.00 Å². The van der Waals surface area contributed by atoms with E-state index in [1.165, 1.54) is 18.3 Å². The number of aryl methyl sites for hydroxylation is 1. The molecule has 0 atom stereocenters. The Bertz CT molecular complexity index is 1110. The number of hydrazone groups is 1. The van der Waals surface area contributed by atoms with Gasteiger partial charge in [-0.2, -0.15) is 5.10 Å². The van der Waals surface area contributed by atoms with E-state index in [0.29, 0.717) is 21.7 Å². The van der Waals surface area contributed by atoms with Crippen LogP contribution in [0.5, 0.6) is 0 Å². The van der Waals surface area contributed by atoms with Gasteiger partial charge in [0.15, 0.2) is 0 Å². The number of benzene rings is 2. The predicted molar refractivity (Wildman–Crippen MR) is 112 cm³/mol. The Labute approximate surface area is 170 Å². The van der Waals surface area contributed by atoms with Gasteiger partial charge in [-0.1, -0.05) is 35.6 Å². The van der Waals surface area contributed by atoms with Gasteiger partial charge in [0.2, 0.25) is 0 Å². The molecule has 3 rings (SSSR count). The Morgan fingerprint density at radius 3 is 2.59 bits per heavy atom. The molecular formula is C20H16N4O4S. The van der Waals surface area contributed by atoms with E-state index in [1.54, 1.807) is 36.4 Å². The molecule has 2 N–H and O–H groups in total. The third kappa shape index (κ3) is 5.11. The molecule has 0 aliphatic heterocycles. The molecule has 9 heteroatoms. The molecule has 146 valence electrons. The second-order valence-corrected chi connectivity index (χ2v) is 7.08. The van der Waals surface area contributed by atoms with E-state index in [1.807, 2.05) is 19.1 Å². The van der Waals surface area contributed by atoms with Crippen LogP contribution >= 0.6 is 11.3 Å². The lowest BCUT2D eigenvalue weighted by Crippen LogP contribution is -2.18. The van der Waals surface area contributed by atoms with E-state index in [4.69, 9.17) is 0 Å². The number of nitrogens with zero attached hydrogens (tertiary/aromatic N) is 2. The summed E-state index contributed by atoms with van der Waals surface area (Å²) >= 11 is 0.950. The zero-order valence-electron chi connectivity index (χ0n) is 15.3. The maximum Gasteiger partial charge on any atom is 0.324 e. The highest BCUT2D eigenvalue weighted by Gasteiger charge is 2.11. The van der Waals surface area contributed by atoms with Crippen LogP contribution in [-0.2, 0) is 0 Å². The summed E-state index contributed by atoms with van der Waals surface area (Å²) in [6.07, 6.45) is 1.33. The molecule has 1 heterocycles. The van der Waals surface area contributed by atoms with Crippen molar-refractivity contribution in [2.24, 2.45) is 5.10 Å². The summed E-state index contributed by atoms with van der Waals surface area (Å²) in [5, 5.41) is 17.3. The summed E-state index contributed by atoms with van der Waals surface area (Å²) in [6.45, 7) is 1.85. The van der Waals surface area contributed by atoms with Crippen LogP contribution < -0.4 is 10.7 Å². The number of carbonyl (C=O) groups is 2. The van der Waals surface area contributed by atoms with Crippen LogP contribution in [0.4, 0.5) is 10.7 Å². The van der Waals surface area contributed by atoms with Crippen molar-refractivity contribution in [1.82, 2.24) is 5.43 Å². The molecule has 0 radical (unpaired) electrons. The van der Waals surface area contributed by atoms with Crippen molar-refractivity contribution < 1.29 is 14.5 Å². The number of nitro groups is 1. The molecular weight excluding hydrogens is 392 g/mol. The highest BCUT2D eigenvalue weighted by Crippen LogP contribution is 2.22. The predicted octanol–water partition coefficient (Wildman–Crippen LogP) is 3.98. The van der Waals surface area contributed by atoms with Crippen molar-refractivity contribution in [3.05, 3.63) is 92.3 Å². The van der Waals surface area contributed by atoms with Crippen LogP contribution in [0.2, 0.25) is 0 Å². The van der Waals surface area contributed by atoms with Crippen molar-refractivity contribution in [2.45, 2.75) is 6.92 Å². The zero-order valence-corrected chi connectivity index (χ0v) is 16.1. The van der Waals surface area contributed by atoms with Gasteiger partial charge in [0.1, 0.15) is 0 Å². The largest absolute Gasteiger partial charge is 0.324 e. The highest BCUT2D eigenvalue weighted by atomic mass is 32.1. The van der Waals surface area contributed by atoms with Gasteiger partial charge in [0, 0.05) is 22.9 Å². The first-order valence-corrected chi connectivity index (χ1v) is 9.30. The van der Waals surface area contributed by atoms with Crippen molar-refractivity contribution >= 4 is 40.1 Å². The molecule has 0 saturated heterocycles. The quantitative estimate of drug-likeness (QED) is 0.365. The van der Waals surface area contributed by atoms with E-state index in [0.717, 1.165) is 16.9 Å². The zero-order chi connectivity index (χ0) is 20.8. The van der Waals surface area contributed by atoms with E-state index < -0.39 is 10.8 Å². The maximum absolute atomic E-state index is 12.4. The van der Waals surface area contributed by atoms with Crippen LogP contribution in [0, 0.1) is 17.0 Å². The lowest BCUT2D eigenvalue weighted by Gasteiger charge is -2.08. The fraction of sp³-hybridized carbons (Fsp3) is 0.0500. The SMILES string of the molecule is Cc1ccccc1C(=O)Nc1cccc(C(=O)N/N=C\c2ccc([N+](=O)[O-])s2)c1. The molecule has 0 unspecified atom stereocenters. The number of hydrogen-bond acceptors (Lipinski definition) is 6. The molecule has 0 spiro atoms. The monoisotopic (exact) mass is 408 g/mol. The topological polar surface area (TPSA) is 114 Å². The lowest BCUT2D eigenvalue weighted by atomic mass is 10.1. The molecule has 2 amide bonds. The fourth-order valence-corrected chi connectivity index (χ4v) is 3.19. The summed E-state index contributed by atoms with van der Waals surface area (Å²) < 4.78 is 0. The number of rotatable bonds is 6. The van der Waals surface area contributed by atoms with E-state index >= 15 is 0 Å². The van der Waals surface area contributed by atoms with Gasteiger partial charge in [-0.25, -0.2) is 5.43 Å². The first-order valence-electron chi connectivity index (χ1n) is 8.49. The summed E-state index contributed by atoms with van der Waals surface area (Å²) in [4.78, 5) is 35.4. The summed E-state index contributed by atoms with van der Waals surface area (Å²) in [5.74, 6) is -0.739. The molecule has 0 aliphatic carbocycles. The van der Waals surface area contributed by atoms with Crippen LogP contribution in [-0.4, -0.2) is 23.0 Å². The van der Waals surface area contributed by atoms with Crippen LogP contribution in [0.25, 0.3) is 0 Å².